The second-order valence-corrected chi connectivity index (χ2v) is 23.2. The van der Waals surface area contributed by atoms with Gasteiger partial charge in [-0.15, -0.1) is 0 Å². The molecule has 0 radical (unpaired) electrons. The standard InChI is InChI=1S/C80H55N11/c1-48-81-49(2)84-79(83-48)54-39-41-75-63(43-54)64-44-55(80-85-50(3)82-51(4)86-80)40-42-76(64)91(75)77-65(61-31-15-21-37-73(61)89-69-33-17-11-27-57(69)58-28-12-18-34-70(58)89)45-56(68-47-67(52-23-7-5-8-24-52)87-78(88-68)53-25-9-6-10-26-53)46-66(77)62-32-16-22-38-74(62)90-71-35-19-13-29-59(71)60-30-14-20-36-72(60)90/h5-47H,1-4H3. The molecule has 11 nitrogen and oxygen atoms in total. The Kier molecular flexibility index (Phi) is 12.5. The second-order valence-electron chi connectivity index (χ2n) is 23.2. The van der Waals surface area contributed by atoms with Crippen LogP contribution in [0.3, 0.4) is 0 Å². The molecule has 0 aliphatic heterocycles. The van der Waals surface area contributed by atoms with Crippen LogP contribution in [0.5, 0.6) is 0 Å². The van der Waals surface area contributed by atoms with Crippen LogP contribution in [0.1, 0.15) is 23.3 Å². The number of para-hydroxylation sites is 6. The van der Waals surface area contributed by atoms with Crippen molar-refractivity contribution in [1.29, 1.82) is 0 Å². The van der Waals surface area contributed by atoms with Gasteiger partial charge in [0.1, 0.15) is 23.3 Å². The van der Waals surface area contributed by atoms with Crippen LogP contribution in [-0.4, -0.2) is 53.6 Å². The summed E-state index contributed by atoms with van der Waals surface area (Å²) in [7, 11) is 0. The minimum absolute atomic E-state index is 0.605. The van der Waals surface area contributed by atoms with Gasteiger partial charge in [-0.3, -0.25) is 0 Å². The van der Waals surface area contributed by atoms with Crippen LogP contribution in [-0.2, 0) is 0 Å². The van der Waals surface area contributed by atoms with E-state index in [1.54, 1.807) is 0 Å². The highest BCUT2D eigenvalue weighted by Gasteiger charge is 2.28. The number of aromatic nitrogens is 11. The van der Waals surface area contributed by atoms with E-state index in [0.717, 1.165) is 122 Å². The lowest BCUT2D eigenvalue weighted by Crippen LogP contribution is -2.06. The molecule has 0 saturated carbocycles. The molecule has 6 aromatic heterocycles. The summed E-state index contributed by atoms with van der Waals surface area (Å²) in [5.74, 6) is 4.45. The summed E-state index contributed by atoms with van der Waals surface area (Å²) in [6.07, 6.45) is 0. The quantitative estimate of drug-likeness (QED) is 0.133. The first kappa shape index (κ1) is 53.2. The SMILES string of the molecule is Cc1nc(C)nc(-c2ccc3c(c2)c2cc(-c4nc(C)nc(C)n4)ccc2n3-c2c(-c3ccccc3-n3c4ccccc4c4ccccc43)cc(-c3cc(-c4ccccc4)nc(-c4ccccc4)n3)cc2-c2ccccc2-n2c3ccccc3c3ccccc32)n1. The predicted molar refractivity (Wildman–Crippen MR) is 369 cm³/mol. The average molecular weight is 1170 g/mol. The zero-order valence-corrected chi connectivity index (χ0v) is 50.2. The normalized spacial score (nSPS) is 11.7. The van der Waals surface area contributed by atoms with Crippen LogP contribution in [0.25, 0.3) is 161 Å². The van der Waals surface area contributed by atoms with Crippen molar-refractivity contribution < 1.29 is 0 Å². The Balaban J connectivity index is 1.07. The van der Waals surface area contributed by atoms with E-state index in [9.17, 15) is 0 Å². The van der Waals surface area contributed by atoms with Gasteiger partial charge in [0.2, 0.25) is 0 Å². The molecule has 0 atom stereocenters. The zero-order chi connectivity index (χ0) is 60.8. The minimum atomic E-state index is 0.605. The molecule has 11 aromatic carbocycles. The molecule has 17 aromatic rings. The third kappa shape index (κ3) is 8.96. The highest BCUT2D eigenvalue weighted by Crippen LogP contribution is 2.49. The number of fused-ring (bicyclic) bond motifs is 9. The Morgan fingerprint density at radius 1 is 0.220 bits per heavy atom. The van der Waals surface area contributed by atoms with Crippen molar-refractivity contribution in [3.05, 3.63) is 284 Å². The fourth-order valence-electron chi connectivity index (χ4n) is 13.7. The van der Waals surface area contributed by atoms with E-state index in [1.807, 2.05) is 52.0 Å². The van der Waals surface area contributed by atoms with Gasteiger partial charge in [-0.25, -0.2) is 39.9 Å². The number of hydrogen-bond donors (Lipinski definition) is 0. The molecular weight excluding hydrogens is 1110 g/mol. The maximum absolute atomic E-state index is 5.61. The molecule has 430 valence electrons. The van der Waals surface area contributed by atoms with E-state index in [2.05, 4.69) is 260 Å². The molecule has 91 heavy (non-hydrogen) atoms. The Labute approximate surface area is 524 Å². The van der Waals surface area contributed by atoms with Gasteiger partial charge in [-0.2, -0.15) is 0 Å². The predicted octanol–water partition coefficient (Wildman–Crippen LogP) is 19.0. The lowest BCUT2D eigenvalue weighted by molar-refractivity contribution is 0.928. The summed E-state index contributed by atoms with van der Waals surface area (Å²) in [6, 6.07) is 93.6. The van der Waals surface area contributed by atoms with E-state index < -0.39 is 0 Å². The summed E-state index contributed by atoms with van der Waals surface area (Å²) < 4.78 is 7.36. The van der Waals surface area contributed by atoms with Gasteiger partial charge in [0.05, 0.1) is 61.6 Å². The molecule has 17 rings (SSSR count). The lowest BCUT2D eigenvalue weighted by Gasteiger charge is -2.24. The van der Waals surface area contributed by atoms with Gasteiger partial charge >= 0.3 is 0 Å². The highest BCUT2D eigenvalue weighted by atomic mass is 15.0. The van der Waals surface area contributed by atoms with E-state index in [0.29, 0.717) is 40.8 Å². The van der Waals surface area contributed by atoms with Crippen molar-refractivity contribution in [3.63, 3.8) is 0 Å². The van der Waals surface area contributed by atoms with Crippen molar-refractivity contribution >= 4 is 65.4 Å². The van der Waals surface area contributed by atoms with Crippen molar-refractivity contribution in [2.45, 2.75) is 27.7 Å². The van der Waals surface area contributed by atoms with E-state index >= 15 is 0 Å². The van der Waals surface area contributed by atoms with Crippen LogP contribution < -0.4 is 0 Å². The monoisotopic (exact) mass is 1170 g/mol. The molecule has 0 spiro atoms. The molecule has 11 heteroatoms. The smallest absolute Gasteiger partial charge is 0.163 e. The van der Waals surface area contributed by atoms with Crippen molar-refractivity contribution in [1.82, 2.24) is 53.6 Å². The number of benzene rings is 11. The summed E-state index contributed by atoms with van der Waals surface area (Å²) in [5, 5.41) is 6.68. The van der Waals surface area contributed by atoms with E-state index in [-0.39, 0.29) is 0 Å². The molecule has 0 fully saturated rings. The van der Waals surface area contributed by atoms with Gasteiger partial charge in [-0.05, 0) is 119 Å². The average Bonchev–Trinajstić information content (AvgIpc) is 1.70. The van der Waals surface area contributed by atoms with Crippen molar-refractivity contribution in [2.24, 2.45) is 0 Å². The summed E-state index contributed by atoms with van der Waals surface area (Å²) in [4.78, 5) is 39.8. The largest absolute Gasteiger partial charge is 0.309 e. The van der Waals surface area contributed by atoms with Gasteiger partial charge in [0.15, 0.2) is 17.5 Å². The maximum atomic E-state index is 5.61. The Hall–Kier alpha value is -12.1. The third-order valence-electron chi connectivity index (χ3n) is 17.5. The Bertz CT molecular complexity index is 5290. The number of nitrogens with zero attached hydrogens (tertiary/aromatic N) is 11. The Morgan fingerprint density at radius 3 is 0.989 bits per heavy atom. The summed E-state index contributed by atoms with van der Waals surface area (Å²) in [6.45, 7) is 7.67. The van der Waals surface area contributed by atoms with Crippen LogP contribution in [0.15, 0.2) is 261 Å². The molecule has 0 N–H and O–H groups in total. The first-order valence-electron chi connectivity index (χ1n) is 30.6. The minimum Gasteiger partial charge on any atom is -0.309 e. The van der Waals surface area contributed by atoms with Gasteiger partial charge in [0.25, 0.3) is 0 Å². The van der Waals surface area contributed by atoms with Crippen molar-refractivity contribution in [3.8, 4) is 96.0 Å². The van der Waals surface area contributed by atoms with E-state index in [1.165, 1.54) is 21.5 Å². The lowest BCUT2D eigenvalue weighted by atomic mass is 9.90. The number of aryl methyl sites for hydroxylation is 4. The summed E-state index contributed by atoms with van der Waals surface area (Å²) >= 11 is 0. The van der Waals surface area contributed by atoms with Gasteiger partial charge < -0.3 is 13.7 Å². The number of hydrogen-bond acceptors (Lipinski definition) is 8. The zero-order valence-electron chi connectivity index (χ0n) is 50.2. The Morgan fingerprint density at radius 2 is 0.560 bits per heavy atom. The first-order chi connectivity index (χ1) is 44.8. The van der Waals surface area contributed by atoms with Crippen molar-refractivity contribution in [2.75, 3.05) is 0 Å². The fourth-order valence-corrected chi connectivity index (χ4v) is 13.7. The molecule has 0 bridgehead atoms. The van der Waals surface area contributed by atoms with Crippen LogP contribution in [0.2, 0.25) is 0 Å². The molecule has 0 aliphatic rings. The first-order valence-corrected chi connectivity index (χ1v) is 30.6. The van der Waals surface area contributed by atoms with Crippen LogP contribution in [0, 0.1) is 27.7 Å². The maximum Gasteiger partial charge on any atom is 0.163 e. The van der Waals surface area contributed by atoms with E-state index in [4.69, 9.17) is 29.9 Å². The van der Waals surface area contributed by atoms with Gasteiger partial charge in [-0.1, -0.05) is 170 Å². The van der Waals surface area contributed by atoms with Gasteiger partial charge in [0, 0.05) is 82.4 Å². The molecule has 0 amide bonds. The number of rotatable bonds is 10. The fraction of sp³-hybridized carbons (Fsp3) is 0.0500. The highest BCUT2D eigenvalue weighted by molar-refractivity contribution is 6.15. The second kappa shape index (κ2) is 21.4. The topological polar surface area (TPSA) is 118 Å². The molecule has 0 saturated heterocycles. The molecular formula is C80H55N11. The molecule has 0 unspecified atom stereocenters. The molecule has 0 aliphatic carbocycles. The van der Waals surface area contributed by atoms with Crippen LogP contribution in [0.4, 0.5) is 0 Å². The molecule has 6 heterocycles. The third-order valence-corrected chi connectivity index (χ3v) is 17.5. The van der Waals surface area contributed by atoms with Crippen LogP contribution >= 0.6 is 0 Å². The summed E-state index contributed by atoms with van der Waals surface area (Å²) in [5.41, 5.74) is 19.5.